The fraction of sp³-hybridized carbons (Fsp3) is 0.280. The number of fused-ring (bicyclic) bond motifs is 2. The number of amides is 1. The van der Waals surface area contributed by atoms with Crippen LogP contribution in [-0.4, -0.2) is 62.1 Å². The summed E-state index contributed by atoms with van der Waals surface area (Å²) in [4.78, 5) is 35.0. The van der Waals surface area contributed by atoms with Gasteiger partial charge in [0.05, 0.1) is 23.6 Å². The first-order chi connectivity index (χ1) is 17.5. The molecule has 0 bridgehead atoms. The van der Waals surface area contributed by atoms with Gasteiger partial charge in [0.2, 0.25) is 5.91 Å². The lowest BCUT2D eigenvalue weighted by Gasteiger charge is -2.36. The highest BCUT2D eigenvalue weighted by atomic mass is 35.5. The number of nitrogens with zero attached hydrogens (tertiary/aromatic N) is 6. The van der Waals surface area contributed by atoms with E-state index in [1.165, 1.54) is 24.0 Å². The number of para-hydroxylation sites is 1. The van der Waals surface area contributed by atoms with E-state index >= 15 is 0 Å². The zero-order chi connectivity index (χ0) is 24.8. The van der Waals surface area contributed by atoms with Crippen LogP contribution in [0.5, 0.6) is 0 Å². The van der Waals surface area contributed by atoms with Gasteiger partial charge >= 0.3 is 0 Å². The fourth-order valence-electron chi connectivity index (χ4n) is 4.81. The molecule has 8 nitrogen and oxygen atoms in total. The molecule has 11 heteroatoms. The van der Waals surface area contributed by atoms with E-state index in [2.05, 4.69) is 5.10 Å². The summed E-state index contributed by atoms with van der Waals surface area (Å²) in [6.45, 7) is 2.15. The second-order valence-corrected chi connectivity index (χ2v) is 10.3. The third-order valence-corrected chi connectivity index (χ3v) is 7.99. The topological polar surface area (TPSA) is 76.3 Å². The predicted octanol–water partition coefficient (Wildman–Crippen LogP) is 3.76. The van der Waals surface area contributed by atoms with Crippen LogP contribution in [0.25, 0.3) is 16.7 Å². The number of rotatable bonds is 4. The molecule has 1 atom stereocenters. The Labute approximate surface area is 215 Å². The fourth-order valence-corrected chi connectivity index (χ4v) is 6.13. The van der Waals surface area contributed by atoms with E-state index in [0.29, 0.717) is 58.8 Å². The van der Waals surface area contributed by atoms with Gasteiger partial charge in [-0.15, -0.1) is 0 Å². The highest BCUT2D eigenvalue weighted by Crippen LogP contribution is 2.34. The Morgan fingerprint density at radius 3 is 2.69 bits per heavy atom. The van der Waals surface area contributed by atoms with Gasteiger partial charge in [-0.1, -0.05) is 41.6 Å². The van der Waals surface area contributed by atoms with E-state index in [1.54, 1.807) is 38.4 Å². The molecule has 2 aromatic heterocycles. The minimum atomic E-state index is -0.277. The van der Waals surface area contributed by atoms with Crippen LogP contribution in [0.3, 0.4) is 0 Å². The third kappa shape index (κ3) is 4.04. The molecule has 1 unspecified atom stereocenters. The lowest BCUT2D eigenvalue weighted by Crippen LogP contribution is -2.49. The minimum absolute atomic E-state index is 0.0109. The van der Waals surface area contributed by atoms with Crippen LogP contribution < -0.4 is 10.5 Å². The van der Waals surface area contributed by atoms with E-state index in [4.69, 9.17) is 16.6 Å². The first kappa shape index (κ1) is 23.1. The molecule has 184 valence electrons. The maximum absolute atomic E-state index is 14.1. The molecule has 4 aromatic rings. The van der Waals surface area contributed by atoms with Gasteiger partial charge in [0.25, 0.3) is 5.56 Å². The normalized spacial score (nSPS) is 17.6. The van der Waals surface area contributed by atoms with Crippen molar-refractivity contribution in [2.75, 3.05) is 36.8 Å². The zero-order valence-corrected chi connectivity index (χ0v) is 20.8. The maximum atomic E-state index is 14.1. The van der Waals surface area contributed by atoms with Gasteiger partial charge in [-0.2, -0.15) is 5.10 Å². The lowest BCUT2D eigenvalue weighted by molar-refractivity contribution is -0.132. The van der Waals surface area contributed by atoms with Crippen molar-refractivity contribution in [2.24, 2.45) is 0 Å². The quantitative estimate of drug-likeness (QED) is 0.378. The summed E-state index contributed by atoms with van der Waals surface area (Å²) in [6, 6.07) is 13.6. The molecule has 6 rings (SSSR count). The number of halogens is 2. The summed E-state index contributed by atoms with van der Waals surface area (Å²) in [6.07, 6.45) is 1.73. The minimum Gasteiger partial charge on any atom is -0.366 e. The molecule has 1 amide bonds. The van der Waals surface area contributed by atoms with E-state index < -0.39 is 0 Å². The van der Waals surface area contributed by atoms with Crippen molar-refractivity contribution in [3.63, 3.8) is 0 Å². The van der Waals surface area contributed by atoms with E-state index in [0.717, 1.165) is 5.69 Å². The molecule has 0 N–H and O–H groups in total. The number of hydrogen-bond donors (Lipinski definition) is 0. The van der Waals surface area contributed by atoms with Crippen LogP contribution in [0.15, 0.2) is 64.7 Å². The first-order valence-corrected chi connectivity index (χ1v) is 13.0. The molecule has 0 radical (unpaired) electrons. The molecule has 1 saturated heterocycles. The van der Waals surface area contributed by atoms with Crippen LogP contribution in [0.2, 0.25) is 5.02 Å². The second kappa shape index (κ2) is 9.25. The van der Waals surface area contributed by atoms with Crippen molar-refractivity contribution in [2.45, 2.75) is 17.6 Å². The van der Waals surface area contributed by atoms with Crippen molar-refractivity contribution in [3.8, 4) is 5.69 Å². The Morgan fingerprint density at radius 1 is 1.11 bits per heavy atom. The van der Waals surface area contributed by atoms with Crippen molar-refractivity contribution in [1.82, 2.24) is 24.2 Å². The molecule has 0 spiro atoms. The number of carbonyl (C=O) groups excluding carboxylic acids is 1. The summed E-state index contributed by atoms with van der Waals surface area (Å²) in [7, 11) is 0. The van der Waals surface area contributed by atoms with Crippen LogP contribution in [0, 0.1) is 5.82 Å². The number of benzene rings is 2. The summed E-state index contributed by atoms with van der Waals surface area (Å²) in [5.41, 5.74) is 1.55. The van der Waals surface area contributed by atoms with Crippen LogP contribution in [0.4, 0.5) is 10.1 Å². The summed E-state index contributed by atoms with van der Waals surface area (Å²) < 4.78 is 17.4. The molecule has 1 fully saturated rings. The average molecular weight is 525 g/mol. The van der Waals surface area contributed by atoms with Crippen LogP contribution in [-0.2, 0) is 4.79 Å². The summed E-state index contributed by atoms with van der Waals surface area (Å²) in [5.74, 6) is 0.331. The molecule has 2 aliphatic heterocycles. The highest BCUT2D eigenvalue weighted by Gasteiger charge is 2.32. The molecule has 36 heavy (non-hydrogen) atoms. The number of hydrogen-bond acceptors (Lipinski definition) is 6. The maximum Gasteiger partial charge on any atom is 0.265 e. The zero-order valence-electron chi connectivity index (χ0n) is 19.2. The van der Waals surface area contributed by atoms with Gasteiger partial charge in [0, 0.05) is 43.4 Å². The van der Waals surface area contributed by atoms with Crippen molar-refractivity contribution >= 4 is 46.0 Å². The standard InChI is InChI=1S/C25H22ClFN6O2S/c26-16-4-3-5-17(12-16)33-23-19(14-28-33)24(35)32-18(15-36-25(32)29-23)13-22(34)31-10-8-30(9-11-31)21-7-2-1-6-20(21)27/h1-7,12,14,18H,8-11,13,15H2. The molecule has 2 aromatic carbocycles. The number of aromatic nitrogens is 4. The smallest absolute Gasteiger partial charge is 0.265 e. The van der Waals surface area contributed by atoms with E-state index in [9.17, 15) is 14.0 Å². The SMILES string of the molecule is O=C(CC1CSc2nc3c(cnn3-c3cccc(Cl)c3)c(=O)n21)N1CCN(c2ccccc2F)CC1. The number of carbonyl (C=O) groups is 1. The summed E-state index contributed by atoms with van der Waals surface area (Å²) >= 11 is 7.60. The van der Waals surface area contributed by atoms with Crippen LogP contribution >= 0.6 is 23.4 Å². The lowest BCUT2D eigenvalue weighted by atomic mass is 10.1. The Bertz CT molecular complexity index is 1530. The van der Waals surface area contributed by atoms with E-state index in [1.807, 2.05) is 23.1 Å². The Kier molecular flexibility index (Phi) is 5.93. The number of piperazine rings is 1. The highest BCUT2D eigenvalue weighted by molar-refractivity contribution is 7.99. The number of thioether (sulfide) groups is 1. The summed E-state index contributed by atoms with van der Waals surface area (Å²) in [5, 5.41) is 5.92. The first-order valence-electron chi connectivity index (χ1n) is 11.7. The van der Waals surface area contributed by atoms with Gasteiger partial charge < -0.3 is 9.80 Å². The Hall–Kier alpha value is -3.37. The molecule has 0 saturated carbocycles. The average Bonchev–Trinajstić information content (AvgIpc) is 3.49. The largest absolute Gasteiger partial charge is 0.366 e. The van der Waals surface area contributed by atoms with Gasteiger partial charge in [-0.25, -0.2) is 14.1 Å². The van der Waals surface area contributed by atoms with Gasteiger partial charge in [0.15, 0.2) is 10.8 Å². The van der Waals surface area contributed by atoms with Gasteiger partial charge in [-0.05, 0) is 30.3 Å². The van der Waals surface area contributed by atoms with Crippen molar-refractivity contribution < 1.29 is 9.18 Å². The monoisotopic (exact) mass is 524 g/mol. The molecular formula is C25H22ClFN6O2S. The van der Waals surface area contributed by atoms with Crippen LogP contribution in [0.1, 0.15) is 12.5 Å². The number of anilines is 1. The second-order valence-electron chi connectivity index (χ2n) is 8.83. The van der Waals surface area contributed by atoms with Crippen molar-refractivity contribution in [3.05, 3.63) is 75.9 Å². The predicted molar refractivity (Wildman–Crippen MR) is 138 cm³/mol. The van der Waals surface area contributed by atoms with E-state index in [-0.39, 0.29) is 29.7 Å². The molecule has 2 aliphatic rings. The third-order valence-electron chi connectivity index (χ3n) is 6.66. The van der Waals surface area contributed by atoms with Crippen molar-refractivity contribution in [1.29, 1.82) is 0 Å². The molecule has 0 aliphatic carbocycles. The van der Waals surface area contributed by atoms with Gasteiger partial charge in [0.1, 0.15) is 11.2 Å². The Morgan fingerprint density at radius 2 is 1.92 bits per heavy atom. The molecule has 4 heterocycles. The Balaban J connectivity index is 1.19. The van der Waals surface area contributed by atoms with Gasteiger partial charge in [-0.3, -0.25) is 14.2 Å². The molecular weight excluding hydrogens is 503 g/mol.